The van der Waals surface area contributed by atoms with Crippen molar-refractivity contribution < 1.29 is 9.53 Å². The van der Waals surface area contributed by atoms with E-state index in [0.29, 0.717) is 23.7 Å². The van der Waals surface area contributed by atoms with E-state index in [9.17, 15) is 4.79 Å². The smallest absolute Gasteiger partial charge is 0.255 e. The quantitative estimate of drug-likeness (QED) is 0.614. The van der Waals surface area contributed by atoms with Crippen molar-refractivity contribution in [2.75, 3.05) is 11.9 Å². The van der Waals surface area contributed by atoms with Crippen LogP contribution < -0.4 is 10.1 Å². The zero-order valence-corrected chi connectivity index (χ0v) is 15.6. The molecule has 0 atom stereocenters. The van der Waals surface area contributed by atoms with E-state index >= 15 is 0 Å². The van der Waals surface area contributed by atoms with Crippen LogP contribution in [0, 0.1) is 6.92 Å². The molecular formula is C20H23N5O2. The highest BCUT2D eigenvalue weighted by molar-refractivity contribution is 6.04. The molecule has 0 radical (unpaired) electrons. The lowest BCUT2D eigenvalue weighted by molar-refractivity contribution is 0.102. The highest BCUT2D eigenvalue weighted by Gasteiger charge is 2.09. The first-order valence-corrected chi connectivity index (χ1v) is 9.07. The van der Waals surface area contributed by atoms with E-state index in [-0.39, 0.29) is 5.91 Å². The Balaban J connectivity index is 1.63. The van der Waals surface area contributed by atoms with Gasteiger partial charge in [-0.2, -0.15) is 4.68 Å². The van der Waals surface area contributed by atoms with Crippen molar-refractivity contribution in [1.82, 2.24) is 20.2 Å². The minimum atomic E-state index is -0.182. The molecule has 27 heavy (non-hydrogen) atoms. The fraction of sp³-hybridized carbons (Fsp3) is 0.300. The molecule has 0 fully saturated rings. The third kappa shape index (κ3) is 4.91. The summed E-state index contributed by atoms with van der Waals surface area (Å²) >= 11 is 0. The third-order valence-corrected chi connectivity index (χ3v) is 4.11. The minimum Gasteiger partial charge on any atom is -0.494 e. The van der Waals surface area contributed by atoms with E-state index in [4.69, 9.17) is 4.74 Å². The van der Waals surface area contributed by atoms with Gasteiger partial charge in [0.2, 0.25) is 0 Å². The molecule has 0 bridgehead atoms. The van der Waals surface area contributed by atoms with Crippen molar-refractivity contribution in [1.29, 1.82) is 0 Å². The zero-order chi connectivity index (χ0) is 19.1. The van der Waals surface area contributed by atoms with E-state index in [0.717, 1.165) is 30.7 Å². The lowest BCUT2D eigenvalue weighted by Gasteiger charge is -2.09. The summed E-state index contributed by atoms with van der Waals surface area (Å²) in [6.45, 7) is 4.67. The molecular weight excluding hydrogens is 342 g/mol. The normalized spacial score (nSPS) is 10.6. The molecule has 0 spiro atoms. The number of hydrogen-bond acceptors (Lipinski definition) is 5. The highest BCUT2D eigenvalue weighted by Crippen LogP contribution is 2.17. The average molecular weight is 365 g/mol. The highest BCUT2D eigenvalue weighted by atomic mass is 16.5. The molecule has 2 aromatic carbocycles. The number of hydrogen-bond donors (Lipinski definition) is 1. The number of benzene rings is 2. The summed E-state index contributed by atoms with van der Waals surface area (Å²) in [5, 5.41) is 14.4. The van der Waals surface area contributed by atoms with E-state index in [1.165, 1.54) is 0 Å². The van der Waals surface area contributed by atoms with Crippen LogP contribution in [0.5, 0.6) is 5.75 Å². The number of ether oxygens (including phenoxy) is 1. The third-order valence-electron chi connectivity index (χ3n) is 4.11. The maximum atomic E-state index is 12.5. The van der Waals surface area contributed by atoms with Crippen LogP contribution in [0.15, 0.2) is 48.5 Å². The second-order valence-corrected chi connectivity index (χ2v) is 6.22. The number of unbranched alkanes of at least 4 members (excludes halogenated alkanes) is 2. The Labute approximate surface area is 158 Å². The Kier molecular flexibility index (Phi) is 6.14. The molecule has 0 aliphatic rings. The van der Waals surface area contributed by atoms with Crippen LogP contribution in [0.25, 0.3) is 5.69 Å². The number of nitrogens with one attached hydrogen (secondary N) is 1. The lowest BCUT2D eigenvalue weighted by atomic mass is 10.2. The number of aryl methyl sites for hydroxylation is 1. The summed E-state index contributed by atoms with van der Waals surface area (Å²) < 4.78 is 7.29. The largest absolute Gasteiger partial charge is 0.494 e. The van der Waals surface area contributed by atoms with Crippen LogP contribution >= 0.6 is 0 Å². The molecule has 1 heterocycles. The summed E-state index contributed by atoms with van der Waals surface area (Å²) in [6.07, 6.45) is 3.36. The molecule has 140 valence electrons. The fourth-order valence-corrected chi connectivity index (χ4v) is 2.63. The van der Waals surface area contributed by atoms with Crippen molar-refractivity contribution in [3.05, 3.63) is 59.9 Å². The van der Waals surface area contributed by atoms with Gasteiger partial charge in [-0.3, -0.25) is 4.79 Å². The van der Waals surface area contributed by atoms with Gasteiger partial charge in [0.1, 0.15) is 5.75 Å². The van der Waals surface area contributed by atoms with Crippen LogP contribution in [0.4, 0.5) is 5.69 Å². The molecule has 0 saturated carbocycles. The Morgan fingerprint density at radius 2 is 1.96 bits per heavy atom. The van der Waals surface area contributed by atoms with Gasteiger partial charge in [-0.15, -0.1) is 5.10 Å². The number of anilines is 1. The monoisotopic (exact) mass is 365 g/mol. The first-order chi connectivity index (χ1) is 13.2. The molecule has 3 rings (SSSR count). The molecule has 0 aliphatic carbocycles. The van der Waals surface area contributed by atoms with Gasteiger partial charge < -0.3 is 10.1 Å². The van der Waals surface area contributed by atoms with Crippen LogP contribution in [-0.4, -0.2) is 32.7 Å². The molecule has 0 aliphatic heterocycles. The molecule has 1 amide bonds. The van der Waals surface area contributed by atoms with Crippen molar-refractivity contribution in [2.24, 2.45) is 0 Å². The van der Waals surface area contributed by atoms with Gasteiger partial charge >= 0.3 is 0 Å². The standard InChI is InChI=1S/C20H23N5O2/c1-3-4-5-13-27-19-11-9-16(10-12-19)20(26)21-17-7-6-8-18(14-17)25-15(2)22-23-24-25/h6-12,14H,3-5,13H2,1-2H3,(H,21,26). The predicted molar refractivity (Wildman–Crippen MR) is 103 cm³/mol. The van der Waals surface area contributed by atoms with Crippen molar-refractivity contribution in [3.63, 3.8) is 0 Å². The molecule has 0 saturated heterocycles. The summed E-state index contributed by atoms with van der Waals surface area (Å²) in [4.78, 5) is 12.5. The number of nitrogens with zero attached hydrogens (tertiary/aromatic N) is 4. The van der Waals surface area contributed by atoms with E-state index < -0.39 is 0 Å². The molecule has 7 nitrogen and oxygen atoms in total. The van der Waals surface area contributed by atoms with Crippen LogP contribution in [0.3, 0.4) is 0 Å². The second kappa shape index (κ2) is 8.93. The van der Waals surface area contributed by atoms with Crippen LogP contribution in [0.2, 0.25) is 0 Å². The maximum Gasteiger partial charge on any atom is 0.255 e. The van der Waals surface area contributed by atoms with Gasteiger partial charge in [-0.25, -0.2) is 0 Å². The first kappa shape index (κ1) is 18.6. The van der Waals surface area contributed by atoms with E-state index in [2.05, 4.69) is 27.8 Å². The Hall–Kier alpha value is -3.22. The maximum absolute atomic E-state index is 12.5. The van der Waals surface area contributed by atoms with Gasteiger partial charge in [0, 0.05) is 11.3 Å². The second-order valence-electron chi connectivity index (χ2n) is 6.22. The summed E-state index contributed by atoms with van der Waals surface area (Å²) in [5.41, 5.74) is 2.03. The van der Waals surface area contributed by atoms with E-state index in [1.54, 1.807) is 16.8 Å². The van der Waals surface area contributed by atoms with E-state index in [1.807, 2.05) is 43.3 Å². The van der Waals surface area contributed by atoms with Crippen LogP contribution in [-0.2, 0) is 0 Å². The molecule has 0 unspecified atom stereocenters. The SMILES string of the molecule is CCCCCOc1ccc(C(=O)Nc2cccc(-n3nnnc3C)c2)cc1. The Bertz CT molecular complexity index is 889. The predicted octanol–water partition coefficient (Wildman–Crippen LogP) is 3.79. The number of tetrazole rings is 1. The van der Waals surface area contributed by atoms with Crippen LogP contribution in [0.1, 0.15) is 42.4 Å². The Morgan fingerprint density at radius 1 is 1.15 bits per heavy atom. The minimum absolute atomic E-state index is 0.182. The van der Waals surface area contributed by atoms with Crippen molar-refractivity contribution in [2.45, 2.75) is 33.1 Å². The van der Waals surface area contributed by atoms with Gasteiger partial charge in [-0.05, 0) is 66.2 Å². The summed E-state index contributed by atoms with van der Waals surface area (Å²) in [7, 11) is 0. The van der Waals surface area contributed by atoms with Gasteiger partial charge in [0.25, 0.3) is 5.91 Å². The first-order valence-electron chi connectivity index (χ1n) is 9.07. The topological polar surface area (TPSA) is 81.9 Å². The average Bonchev–Trinajstić information content (AvgIpc) is 3.12. The van der Waals surface area contributed by atoms with Gasteiger partial charge in [-0.1, -0.05) is 25.8 Å². The zero-order valence-electron chi connectivity index (χ0n) is 15.6. The van der Waals surface area contributed by atoms with Crippen molar-refractivity contribution >= 4 is 11.6 Å². The molecule has 7 heteroatoms. The number of aromatic nitrogens is 4. The molecule has 1 aromatic heterocycles. The lowest BCUT2D eigenvalue weighted by Crippen LogP contribution is -2.12. The Morgan fingerprint density at radius 3 is 2.67 bits per heavy atom. The van der Waals surface area contributed by atoms with Crippen molar-refractivity contribution in [3.8, 4) is 11.4 Å². The summed E-state index contributed by atoms with van der Waals surface area (Å²) in [6, 6.07) is 14.5. The molecule has 3 aromatic rings. The van der Waals surface area contributed by atoms with Gasteiger partial charge in [0.05, 0.1) is 12.3 Å². The number of rotatable bonds is 8. The van der Waals surface area contributed by atoms with Gasteiger partial charge in [0.15, 0.2) is 5.82 Å². The number of amides is 1. The molecule has 1 N–H and O–H groups in total. The summed E-state index contributed by atoms with van der Waals surface area (Å²) in [5.74, 6) is 1.27. The number of carbonyl (C=O) groups excluding carboxylic acids is 1. The number of carbonyl (C=O) groups is 1. The fourth-order valence-electron chi connectivity index (χ4n) is 2.63.